The number of rotatable bonds is 32. The number of aliphatic hydroxyl groups excluding tert-OH is 7. The van der Waals surface area contributed by atoms with Gasteiger partial charge in [0.1, 0.15) is 36.6 Å². The fraction of sp³-hybridized carbons (Fsp3) is 0.875. The van der Waals surface area contributed by atoms with E-state index in [1.807, 2.05) is 6.08 Å². The first kappa shape index (κ1) is 47.6. The Bertz CT molecular complexity index is 887. The Hall–Kier alpha value is -1.41. The van der Waals surface area contributed by atoms with Crippen LogP contribution in [0, 0.1) is 0 Å². The Kier molecular flexibility index (Phi) is 28.9. The molecule has 0 aromatic heterocycles. The number of hydrogen-bond acceptors (Lipinski definition) is 10. The van der Waals surface area contributed by atoms with E-state index in [0.29, 0.717) is 12.8 Å². The van der Waals surface area contributed by atoms with E-state index < -0.39 is 74.2 Å². The summed E-state index contributed by atoms with van der Waals surface area (Å²) in [5.41, 5.74) is 0. The van der Waals surface area contributed by atoms with Crippen molar-refractivity contribution in [3.8, 4) is 0 Å². The van der Waals surface area contributed by atoms with Gasteiger partial charge in [0.2, 0.25) is 5.91 Å². The summed E-state index contributed by atoms with van der Waals surface area (Å²) in [5, 5.41) is 75.0. The molecule has 9 unspecified atom stereocenters. The lowest BCUT2D eigenvalue weighted by molar-refractivity contribution is -0.303. The number of aliphatic hydroxyl groups is 7. The van der Waals surface area contributed by atoms with Crippen molar-refractivity contribution in [1.82, 2.24) is 5.32 Å². The van der Waals surface area contributed by atoms with E-state index in [9.17, 15) is 40.5 Å². The van der Waals surface area contributed by atoms with E-state index in [4.69, 9.17) is 9.47 Å². The summed E-state index contributed by atoms with van der Waals surface area (Å²) in [6.07, 6.45) is 19.9. The molecule has 0 aliphatic carbocycles. The van der Waals surface area contributed by atoms with Crippen molar-refractivity contribution in [2.45, 2.75) is 210 Å². The molecule has 0 saturated carbocycles. The molecule has 1 heterocycles. The number of hydrogen-bond donors (Lipinski definition) is 8. The predicted molar refractivity (Wildman–Crippen MR) is 201 cm³/mol. The Morgan fingerprint density at radius 3 is 1.75 bits per heavy atom. The average molecular weight is 730 g/mol. The van der Waals surface area contributed by atoms with Gasteiger partial charge >= 0.3 is 0 Å². The number of carbonyl (C=O) groups excluding carboxylic acids is 1. The van der Waals surface area contributed by atoms with Crippen LogP contribution in [0.2, 0.25) is 0 Å². The first-order chi connectivity index (χ1) is 24.7. The summed E-state index contributed by atoms with van der Waals surface area (Å²) in [7, 11) is 0. The Morgan fingerprint density at radius 1 is 0.667 bits per heavy atom. The Balaban J connectivity index is 2.48. The third kappa shape index (κ3) is 21.8. The summed E-state index contributed by atoms with van der Waals surface area (Å²) in [6.45, 7) is 3.30. The summed E-state index contributed by atoms with van der Waals surface area (Å²) in [6, 6.07) is -1.18. The SMILES string of the molecule is CCCC/C=C/CCCC(O)C(O)C(COC1OC(CO)C(O)C(O)C1O)NC(=O)C(O)CCCCCC/C=C\CCCCCCCCCCC. The zero-order valence-electron chi connectivity index (χ0n) is 31.8. The molecule has 1 aliphatic heterocycles. The third-order valence-electron chi connectivity index (χ3n) is 9.73. The maximum absolute atomic E-state index is 13.0. The molecular formula is C40H75NO10. The smallest absolute Gasteiger partial charge is 0.249 e. The van der Waals surface area contributed by atoms with Gasteiger partial charge in [0.25, 0.3) is 0 Å². The quantitative estimate of drug-likeness (QED) is 0.0342. The Labute approximate surface area is 308 Å². The van der Waals surface area contributed by atoms with Gasteiger partial charge in [-0.05, 0) is 57.8 Å². The van der Waals surface area contributed by atoms with E-state index in [1.165, 1.54) is 57.8 Å². The highest BCUT2D eigenvalue weighted by atomic mass is 16.7. The van der Waals surface area contributed by atoms with Crippen LogP contribution < -0.4 is 5.32 Å². The van der Waals surface area contributed by atoms with Gasteiger partial charge in [-0.1, -0.05) is 122 Å². The standard InChI is InChI=1S/C40H75NO10/c1-3-5-7-9-11-12-13-14-15-16-17-18-19-20-22-24-26-28-33(44)39(49)41-31(35(45)32(43)27-25-23-21-10-8-6-4-2)30-50-40-38(48)37(47)36(46)34(29-42)51-40/h10,17-18,21,31-38,40,42-48H,3-9,11-16,19-20,22-30H2,1-2H3,(H,41,49)/b18-17-,21-10+. The van der Waals surface area contributed by atoms with E-state index >= 15 is 0 Å². The minimum Gasteiger partial charge on any atom is -0.394 e. The lowest BCUT2D eigenvalue weighted by atomic mass is 9.98. The number of allylic oxidation sites excluding steroid dienone is 4. The minimum atomic E-state index is -1.67. The van der Waals surface area contributed by atoms with Crippen molar-refractivity contribution in [2.75, 3.05) is 13.2 Å². The zero-order chi connectivity index (χ0) is 37.7. The van der Waals surface area contributed by atoms with Gasteiger partial charge in [-0.2, -0.15) is 0 Å². The van der Waals surface area contributed by atoms with Crippen molar-refractivity contribution in [3.05, 3.63) is 24.3 Å². The normalized spacial score (nSPS) is 23.5. The molecule has 0 aromatic rings. The average Bonchev–Trinajstić information content (AvgIpc) is 3.13. The third-order valence-corrected chi connectivity index (χ3v) is 9.73. The van der Waals surface area contributed by atoms with Crippen molar-refractivity contribution in [1.29, 1.82) is 0 Å². The van der Waals surface area contributed by atoms with Crippen LogP contribution in [0.1, 0.15) is 155 Å². The largest absolute Gasteiger partial charge is 0.394 e. The summed E-state index contributed by atoms with van der Waals surface area (Å²) in [5.74, 6) is -0.720. The molecule has 1 rings (SSSR count). The number of nitrogens with one attached hydrogen (secondary N) is 1. The first-order valence-corrected chi connectivity index (χ1v) is 20.2. The molecule has 0 radical (unpaired) electrons. The van der Waals surface area contributed by atoms with Crippen molar-refractivity contribution in [3.63, 3.8) is 0 Å². The molecule has 8 N–H and O–H groups in total. The highest BCUT2D eigenvalue weighted by molar-refractivity contribution is 5.80. The zero-order valence-corrected chi connectivity index (χ0v) is 31.8. The molecular weight excluding hydrogens is 654 g/mol. The van der Waals surface area contributed by atoms with Crippen LogP contribution in [0.15, 0.2) is 24.3 Å². The lowest BCUT2D eigenvalue weighted by Gasteiger charge is -2.40. The molecule has 9 atom stereocenters. The molecule has 0 aromatic carbocycles. The van der Waals surface area contributed by atoms with Gasteiger partial charge < -0.3 is 50.5 Å². The predicted octanol–water partition coefficient (Wildman–Crippen LogP) is 5.10. The van der Waals surface area contributed by atoms with Crippen molar-refractivity contribution in [2.24, 2.45) is 0 Å². The van der Waals surface area contributed by atoms with Crippen LogP contribution in [-0.4, -0.2) is 110 Å². The topological polar surface area (TPSA) is 189 Å². The van der Waals surface area contributed by atoms with Gasteiger partial charge in [-0.3, -0.25) is 4.79 Å². The van der Waals surface area contributed by atoms with E-state index in [-0.39, 0.29) is 12.8 Å². The highest BCUT2D eigenvalue weighted by Gasteiger charge is 2.44. The number of unbranched alkanes of at least 4 members (excludes halogenated alkanes) is 16. The monoisotopic (exact) mass is 730 g/mol. The minimum absolute atomic E-state index is 0.240. The molecule has 300 valence electrons. The molecule has 1 fully saturated rings. The maximum Gasteiger partial charge on any atom is 0.249 e. The molecule has 1 aliphatic rings. The van der Waals surface area contributed by atoms with Gasteiger partial charge in [-0.25, -0.2) is 0 Å². The van der Waals surface area contributed by atoms with E-state index in [0.717, 1.165) is 57.8 Å². The fourth-order valence-corrected chi connectivity index (χ4v) is 6.24. The Morgan fingerprint density at radius 2 is 1.18 bits per heavy atom. The second-order valence-corrected chi connectivity index (χ2v) is 14.3. The molecule has 11 nitrogen and oxygen atoms in total. The summed E-state index contributed by atoms with van der Waals surface area (Å²) >= 11 is 0. The van der Waals surface area contributed by atoms with Crippen LogP contribution in [0.3, 0.4) is 0 Å². The van der Waals surface area contributed by atoms with Gasteiger partial charge in [0, 0.05) is 0 Å². The van der Waals surface area contributed by atoms with E-state index in [2.05, 4.69) is 37.4 Å². The molecule has 1 amide bonds. The van der Waals surface area contributed by atoms with Crippen LogP contribution in [0.5, 0.6) is 0 Å². The second kappa shape index (κ2) is 31.0. The van der Waals surface area contributed by atoms with Crippen LogP contribution in [0.25, 0.3) is 0 Å². The van der Waals surface area contributed by atoms with Gasteiger partial charge in [-0.15, -0.1) is 0 Å². The first-order valence-electron chi connectivity index (χ1n) is 20.2. The summed E-state index contributed by atoms with van der Waals surface area (Å²) in [4.78, 5) is 13.0. The maximum atomic E-state index is 13.0. The number of ether oxygens (including phenoxy) is 2. The van der Waals surface area contributed by atoms with Gasteiger partial charge in [0.15, 0.2) is 6.29 Å². The molecule has 1 saturated heterocycles. The fourth-order valence-electron chi connectivity index (χ4n) is 6.24. The molecule has 0 bridgehead atoms. The summed E-state index contributed by atoms with van der Waals surface area (Å²) < 4.78 is 11.0. The second-order valence-electron chi connectivity index (χ2n) is 14.3. The van der Waals surface area contributed by atoms with Crippen LogP contribution >= 0.6 is 0 Å². The van der Waals surface area contributed by atoms with Gasteiger partial charge in [0.05, 0.1) is 25.4 Å². The van der Waals surface area contributed by atoms with E-state index in [1.54, 1.807) is 0 Å². The van der Waals surface area contributed by atoms with Crippen LogP contribution in [0.4, 0.5) is 0 Å². The van der Waals surface area contributed by atoms with Crippen molar-refractivity contribution < 1.29 is 50.0 Å². The van der Waals surface area contributed by atoms with Crippen molar-refractivity contribution >= 4 is 5.91 Å². The number of amides is 1. The highest BCUT2D eigenvalue weighted by Crippen LogP contribution is 2.23. The molecule has 0 spiro atoms. The number of carbonyl (C=O) groups is 1. The molecule has 11 heteroatoms. The molecule has 51 heavy (non-hydrogen) atoms. The van der Waals surface area contributed by atoms with Crippen LogP contribution in [-0.2, 0) is 14.3 Å². The lowest BCUT2D eigenvalue weighted by Crippen LogP contribution is -2.60.